The second-order valence-electron chi connectivity index (χ2n) is 8.39. The van der Waals surface area contributed by atoms with Crippen LogP contribution in [-0.2, 0) is 7.05 Å². The molecule has 4 aromatic carbocycles. The lowest BCUT2D eigenvalue weighted by Gasteiger charge is -2.12. The van der Waals surface area contributed by atoms with Gasteiger partial charge in [-0.2, -0.15) is 0 Å². The van der Waals surface area contributed by atoms with Gasteiger partial charge in [-0.15, -0.1) is 0 Å². The molecule has 5 N–H and O–H groups in total. The predicted molar refractivity (Wildman–Crippen MR) is 158 cm³/mol. The Kier molecular flexibility index (Phi) is 6.47. The number of aliphatic imine (C=N–C) groups is 2. The highest BCUT2D eigenvalue weighted by Gasteiger charge is 2.25. The molecule has 0 aliphatic rings. The van der Waals surface area contributed by atoms with Gasteiger partial charge < -0.3 is 21.1 Å². The molecule has 0 unspecified atom stereocenters. The molecule has 5 aromatic rings. The van der Waals surface area contributed by atoms with Crippen LogP contribution in [-0.4, -0.2) is 21.1 Å². The summed E-state index contributed by atoms with van der Waals surface area (Å²) in [5.74, 6) is 0.113. The summed E-state index contributed by atoms with van der Waals surface area (Å²) in [6, 6.07) is 30.6. The van der Waals surface area contributed by atoms with Crippen LogP contribution in [0.2, 0.25) is 0 Å². The molecule has 0 saturated heterocycles. The number of hydrogen-bond donors (Lipinski definition) is 3. The van der Waals surface area contributed by atoms with Crippen LogP contribution in [0.5, 0.6) is 5.88 Å². The number of rotatable bonds is 5. The minimum atomic E-state index is 0.113. The molecule has 0 fully saturated rings. The van der Waals surface area contributed by atoms with Gasteiger partial charge in [-0.1, -0.05) is 30.3 Å². The molecule has 1 heterocycles. The Morgan fingerprint density at radius 2 is 1.31 bits per heavy atom. The maximum Gasteiger partial charge on any atom is 0.201 e. The summed E-state index contributed by atoms with van der Waals surface area (Å²) in [6.45, 7) is 0. The molecular weight excluding hydrogens is 561 g/mol. The van der Waals surface area contributed by atoms with Gasteiger partial charge in [-0.05, 0) is 89.3 Å². The van der Waals surface area contributed by atoms with E-state index in [0.29, 0.717) is 34.0 Å². The first-order valence-electron chi connectivity index (χ1n) is 11.3. The van der Waals surface area contributed by atoms with Crippen LogP contribution in [0.4, 0.5) is 22.7 Å². The number of benzene rings is 4. The lowest BCUT2D eigenvalue weighted by molar-refractivity contribution is 0.434. The monoisotopic (exact) mass is 585 g/mol. The molecule has 0 amide bonds. The Hall–Kier alpha value is -4.11. The van der Waals surface area contributed by atoms with Crippen molar-refractivity contribution in [2.75, 3.05) is 11.5 Å². The Morgan fingerprint density at radius 1 is 0.750 bits per heavy atom. The second kappa shape index (κ2) is 9.87. The molecule has 36 heavy (non-hydrogen) atoms. The van der Waals surface area contributed by atoms with Gasteiger partial charge in [0.25, 0.3) is 0 Å². The van der Waals surface area contributed by atoms with Crippen molar-refractivity contribution in [2.24, 2.45) is 17.0 Å². The van der Waals surface area contributed by atoms with Gasteiger partial charge in [0.1, 0.15) is 5.71 Å². The number of anilines is 2. The van der Waals surface area contributed by atoms with E-state index in [4.69, 9.17) is 21.5 Å². The summed E-state index contributed by atoms with van der Waals surface area (Å²) in [5.41, 5.74) is 18.1. The van der Waals surface area contributed by atoms with Crippen LogP contribution in [0.1, 0.15) is 11.1 Å². The summed E-state index contributed by atoms with van der Waals surface area (Å²) in [6.07, 6.45) is 0. The number of aromatic nitrogens is 1. The highest BCUT2D eigenvalue weighted by atomic mass is 127. The highest BCUT2D eigenvalue weighted by Crippen LogP contribution is 2.34. The van der Waals surface area contributed by atoms with Gasteiger partial charge in [0, 0.05) is 32.9 Å². The van der Waals surface area contributed by atoms with Gasteiger partial charge in [-0.3, -0.25) is 0 Å². The zero-order valence-electron chi connectivity index (χ0n) is 19.6. The molecule has 0 aliphatic carbocycles. The number of aromatic hydroxyl groups is 1. The lowest BCUT2D eigenvalue weighted by Crippen LogP contribution is -2.17. The maximum absolute atomic E-state index is 11.4. The van der Waals surface area contributed by atoms with Crippen molar-refractivity contribution in [3.8, 4) is 5.88 Å². The van der Waals surface area contributed by atoms with Crippen molar-refractivity contribution >= 4 is 67.7 Å². The first-order valence-corrected chi connectivity index (χ1v) is 12.4. The number of nitrogen functional groups attached to an aromatic ring is 2. The van der Waals surface area contributed by atoms with E-state index in [1.54, 1.807) is 4.57 Å². The van der Waals surface area contributed by atoms with Crippen molar-refractivity contribution in [3.63, 3.8) is 0 Å². The molecule has 6 nitrogen and oxygen atoms in total. The smallest absolute Gasteiger partial charge is 0.201 e. The number of hydrogen-bond acceptors (Lipinski definition) is 5. The van der Waals surface area contributed by atoms with Gasteiger partial charge in [0.15, 0.2) is 0 Å². The molecule has 178 valence electrons. The number of nitrogens with zero attached hydrogens (tertiary/aromatic N) is 3. The third-order valence-corrected chi connectivity index (χ3v) is 6.58. The average molecular weight is 585 g/mol. The van der Waals surface area contributed by atoms with Crippen LogP contribution in [0, 0.1) is 3.57 Å². The van der Waals surface area contributed by atoms with Gasteiger partial charge >= 0.3 is 0 Å². The number of fused-ring (bicyclic) bond motifs is 1. The van der Waals surface area contributed by atoms with Crippen LogP contribution < -0.4 is 11.5 Å². The number of nitrogens with two attached hydrogens (primary N) is 2. The number of halogens is 1. The maximum atomic E-state index is 11.4. The third-order valence-electron chi connectivity index (χ3n) is 5.91. The molecular formula is C29H24IN5O. The third kappa shape index (κ3) is 4.70. The zero-order valence-corrected chi connectivity index (χ0v) is 21.7. The molecule has 0 atom stereocenters. The largest absolute Gasteiger partial charge is 0.494 e. The van der Waals surface area contributed by atoms with E-state index >= 15 is 0 Å². The minimum Gasteiger partial charge on any atom is -0.494 e. The second-order valence-corrected chi connectivity index (χ2v) is 9.63. The molecule has 1 aromatic heterocycles. The first-order chi connectivity index (χ1) is 17.4. The Bertz CT molecular complexity index is 1600. The van der Waals surface area contributed by atoms with E-state index in [1.807, 2.05) is 98.0 Å². The van der Waals surface area contributed by atoms with Crippen LogP contribution >= 0.6 is 22.6 Å². The normalized spacial score (nSPS) is 12.3. The molecule has 0 aliphatic heterocycles. The van der Waals surface area contributed by atoms with Crippen LogP contribution in [0.3, 0.4) is 0 Å². The standard InChI is InChI=1S/C29H24IN5O/c1-35-25-16-7-19(30)17-24(25)26(29(35)36)28(34-23-14-10-21(32)11-15-23)27(18-5-3-2-4-6-18)33-22-12-8-20(31)9-13-22/h2-17,36H,31-32H2,1H3. The van der Waals surface area contributed by atoms with Gasteiger partial charge in [0.2, 0.25) is 5.88 Å². The van der Waals surface area contributed by atoms with Gasteiger partial charge in [-0.25, -0.2) is 9.98 Å². The Morgan fingerprint density at radius 3 is 1.89 bits per heavy atom. The molecule has 0 radical (unpaired) electrons. The fourth-order valence-corrected chi connectivity index (χ4v) is 4.56. The highest BCUT2D eigenvalue weighted by molar-refractivity contribution is 14.1. The SMILES string of the molecule is Cn1c(O)c(C(=Nc2ccc(N)cc2)C(=Nc2ccc(N)cc2)c2ccccc2)c2cc(I)ccc21. The van der Waals surface area contributed by atoms with E-state index in [2.05, 4.69) is 28.7 Å². The van der Waals surface area contributed by atoms with Crippen LogP contribution in [0.15, 0.2) is 107 Å². The summed E-state index contributed by atoms with van der Waals surface area (Å²) in [5, 5.41) is 12.3. The van der Waals surface area contributed by atoms with Crippen molar-refractivity contribution in [1.29, 1.82) is 0 Å². The minimum absolute atomic E-state index is 0.113. The molecule has 0 bridgehead atoms. The van der Waals surface area contributed by atoms with E-state index in [0.717, 1.165) is 25.7 Å². The number of aryl methyl sites for hydroxylation is 1. The quantitative estimate of drug-likeness (QED) is 0.123. The van der Waals surface area contributed by atoms with Gasteiger partial charge in [0.05, 0.1) is 28.2 Å². The molecule has 0 spiro atoms. The van der Waals surface area contributed by atoms with Crippen molar-refractivity contribution < 1.29 is 5.11 Å². The fourth-order valence-electron chi connectivity index (χ4n) is 4.07. The van der Waals surface area contributed by atoms with Crippen molar-refractivity contribution in [3.05, 3.63) is 112 Å². The topological polar surface area (TPSA) is 102 Å². The van der Waals surface area contributed by atoms with Crippen molar-refractivity contribution in [1.82, 2.24) is 4.57 Å². The Labute approximate surface area is 222 Å². The first kappa shape index (κ1) is 23.6. The van der Waals surface area contributed by atoms with Crippen LogP contribution in [0.25, 0.3) is 10.9 Å². The predicted octanol–water partition coefficient (Wildman–Crippen LogP) is 6.59. The molecule has 7 heteroatoms. The Balaban J connectivity index is 1.86. The van der Waals surface area contributed by atoms with E-state index in [1.165, 1.54) is 0 Å². The van der Waals surface area contributed by atoms with E-state index in [-0.39, 0.29) is 5.88 Å². The lowest BCUT2D eigenvalue weighted by atomic mass is 9.98. The average Bonchev–Trinajstić information content (AvgIpc) is 3.13. The van der Waals surface area contributed by atoms with E-state index in [9.17, 15) is 5.11 Å². The van der Waals surface area contributed by atoms with Crippen molar-refractivity contribution in [2.45, 2.75) is 0 Å². The fraction of sp³-hybridized carbons (Fsp3) is 0.0345. The summed E-state index contributed by atoms with van der Waals surface area (Å²) >= 11 is 2.28. The van der Waals surface area contributed by atoms with E-state index < -0.39 is 0 Å². The molecule has 0 saturated carbocycles. The summed E-state index contributed by atoms with van der Waals surface area (Å²) in [7, 11) is 1.84. The summed E-state index contributed by atoms with van der Waals surface area (Å²) < 4.78 is 2.82. The molecule has 5 rings (SSSR count). The zero-order chi connectivity index (χ0) is 25.2. The summed E-state index contributed by atoms with van der Waals surface area (Å²) in [4.78, 5) is 10.1.